The molecule has 0 bridgehead atoms. The van der Waals surface area contributed by atoms with Gasteiger partial charge in [0.05, 0.1) is 5.56 Å². The number of aryl methyl sites for hydroxylation is 3. The van der Waals surface area contributed by atoms with Crippen LogP contribution in [0.25, 0.3) is 10.9 Å². The average Bonchev–Trinajstić information content (AvgIpc) is 2.66. The Bertz CT molecular complexity index is 653. The van der Waals surface area contributed by atoms with Crippen molar-refractivity contribution < 1.29 is 9.90 Å². The second-order valence-corrected chi connectivity index (χ2v) is 5.40. The van der Waals surface area contributed by atoms with E-state index in [0.717, 1.165) is 24.0 Å². The first-order valence-electron chi connectivity index (χ1n) is 7.36. The van der Waals surface area contributed by atoms with Crippen molar-refractivity contribution >= 4 is 16.9 Å². The molecule has 2 aromatic rings. The van der Waals surface area contributed by atoms with Crippen LogP contribution in [-0.2, 0) is 13.0 Å². The molecule has 0 aliphatic heterocycles. The number of nitrogens with zero attached hydrogens (tertiary/aromatic N) is 1. The number of fused-ring (bicyclic) bond motifs is 1. The highest BCUT2D eigenvalue weighted by Gasteiger charge is 2.16. The largest absolute Gasteiger partial charge is 0.478 e. The van der Waals surface area contributed by atoms with E-state index in [-0.39, 0.29) is 0 Å². The molecule has 0 fully saturated rings. The van der Waals surface area contributed by atoms with E-state index in [2.05, 4.69) is 25.3 Å². The van der Waals surface area contributed by atoms with Crippen molar-refractivity contribution in [1.82, 2.24) is 4.57 Å². The SMILES string of the molecule is CCCCc1c(C)n(CC)c2cc(C(=O)O)c(C)cc12. The van der Waals surface area contributed by atoms with Gasteiger partial charge < -0.3 is 9.67 Å². The van der Waals surface area contributed by atoms with Crippen molar-refractivity contribution in [3.8, 4) is 0 Å². The Hall–Kier alpha value is -1.77. The Kier molecular flexibility index (Phi) is 4.17. The highest BCUT2D eigenvalue weighted by atomic mass is 16.4. The van der Waals surface area contributed by atoms with Crippen LogP contribution in [0, 0.1) is 13.8 Å². The number of carboxylic acid groups (broad SMARTS) is 1. The van der Waals surface area contributed by atoms with Gasteiger partial charge in [-0.05, 0) is 56.9 Å². The molecule has 1 aromatic heterocycles. The summed E-state index contributed by atoms with van der Waals surface area (Å²) in [5.41, 5.74) is 4.96. The molecule has 0 atom stereocenters. The molecule has 0 amide bonds. The lowest BCUT2D eigenvalue weighted by molar-refractivity contribution is 0.0696. The Morgan fingerprint density at radius 2 is 1.95 bits per heavy atom. The van der Waals surface area contributed by atoms with Gasteiger partial charge >= 0.3 is 5.97 Å². The molecule has 3 nitrogen and oxygen atoms in total. The maximum Gasteiger partial charge on any atom is 0.336 e. The zero-order valence-corrected chi connectivity index (χ0v) is 12.8. The summed E-state index contributed by atoms with van der Waals surface area (Å²) in [4.78, 5) is 11.3. The van der Waals surface area contributed by atoms with Crippen LogP contribution in [0.5, 0.6) is 0 Å². The molecular formula is C17H23NO2. The van der Waals surface area contributed by atoms with Gasteiger partial charge in [0.2, 0.25) is 0 Å². The smallest absolute Gasteiger partial charge is 0.336 e. The predicted molar refractivity (Wildman–Crippen MR) is 82.7 cm³/mol. The summed E-state index contributed by atoms with van der Waals surface area (Å²) in [6.07, 6.45) is 3.41. The monoisotopic (exact) mass is 273 g/mol. The molecule has 1 heterocycles. The number of aromatic nitrogens is 1. The van der Waals surface area contributed by atoms with Gasteiger partial charge in [-0.1, -0.05) is 13.3 Å². The van der Waals surface area contributed by atoms with E-state index in [1.807, 2.05) is 19.1 Å². The third-order valence-corrected chi connectivity index (χ3v) is 4.13. The van der Waals surface area contributed by atoms with Gasteiger partial charge in [-0.3, -0.25) is 0 Å². The summed E-state index contributed by atoms with van der Waals surface area (Å²) in [6.45, 7) is 9.20. The lowest BCUT2D eigenvalue weighted by Crippen LogP contribution is -2.01. The maximum atomic E-state index is 11.3. The molecule has 0 saturated heterocycles. The van der Waals surface area contributed by atoms with Crippen molar-refractivity contribution in [2.45, 2.75) is 53.5 Å². The first kappa shape index (κ1) is 14.6. The highest BCUT2D eigenvalue weighted by molar-refractivity contribution is 5.96. The van der Waals surface area contributed by atoms with E-state index in [0.29, 0.717) is 5.56 Å². The fraction of sp³-hybridized carbons (Fsp3) is 0.471. The number of aromatic carboxylic acids is 1. The van der Waals surface area contributed by atoms with Gasteiger partial charge in [0, 0.05) is 23.1 Å². The quantitative estimate of drug-likeness (QED) is 0.881. The van der Waals surface area contributed by atoms with E-state index >= 15 is 0 Å². The zero-order valence-electron chi connectivity index (χ0n) is 12.8. The van der Waals surface area contributed by atoms with Crippen molar-refractivity contribution in [1.29, 1.82) is 0 Å². The van der Waals surface area contributed by atoms with E-state index in [1.54, 1.807) is 0 Å². The highest BCUT2D eigenvalue weighted by Crippen LogP contribution is 2.30. The molecule has 0 saturated carbocycles. The molecule has 0 aliphatic rings. The van der Waals surface area contributed by atoms with Crippen molar-refractivity contribution in [2.24, 2.45) is 0 Å². The standard InChI is InChI=1S/C17H23NO2/c1-5-7-8-13-12(4)18(6-2)16-10-14(17(19)20)11(3)9-15(13)16/h9-10H,5-8H2,1-4H3,(H,19,20). The summed E-state index contributed by atoms with van der Waals surface area (Å²) in [6, 6.07) is 3.88. The Morgan fingerprint density at radius 1 is 1.25 bits per heavy atom. The predicted octanol–water partition coefficient (Wildman–Crippen LogP) is 4.32. The van der Waals surface area contributed by atoms with Crippen LogP contribution in [-0.4, -0.2) is 15.6 Å². The molecule has 1 aromatic carbocycles. The minimum atomic E-state index is -0.846. The van der Waals surface area contributed by atoms with Crippen molar-refractivity contribution in [2.75, 3.05) is 0 Å². The summed E-state index contributed by atoms with van der Waals surface area (Å²) < 4.78 is 2.23. The molecular weight excluding hydrogens is 250 g/mol. The first-order chi connectivity index (χ1) is 9.51. The van der Waals surface area contributed by atoms with Gasteiger partial charge in [-0.25, -0.2) is 4.79 Å². The number of benzene rings is 1. The Balaban J connectivity index is 2.72. The number of hydrogen-bond acceptors (Lipinski definition) is 1. The second kappa shape index (κ2) is 5.70. The van der Waals surface area contributed by atoms with Crippen LogP contribution in [0.3, 0.4) is 0 Å². The fourth-order valence-electron chi connectivity index (χ4n) is 3.01. The molecule has 108 valence electrons. The van der Waals surface area contributed by atoms with Gasteiger partial charge in [0.1, 0.15) is 0 Å². The first-order valence-corrected chi connectivity index (χ1v) is 7.36. The van der Waals surface area contributed by atoms with E-state index in [1.165, 1.54) is 29.5 Å². The Labute approximate surface area is 120 Å². The van der Waals surface area contributed by atoms with Gasteiger partial charge in [-0.15, -0.1) is 0 Å². The topological polar surface area (TPSA) is 42.2 Å². The van der Waals surface area contributed by atoms with Gasteiger partial charge in [0.25, 0.3) is 0 Å². The average molecular weight is 273 g/mol. The lowest BCUT2D eigenvalue weighted by Gasteiger charge is -2.06. The number of hydrogen-bond donors (Lipinski definition) is 1. The van der Waals surface area contributed by atoms with Crippen molar-refractivity contribution in [3.63, 3.8) is 0 Å². The molecule has 0 spiro atoms. The van der Waals surface area contributed by atoms with Crippen LogP contribution in [0.2, 0.25) is 0 Å². The van der Waals surface area contributed by atoms with Crippen LogP contribution < -0.4 is 0 Å². The summed E-state index contributed by atoms with van der Waals surface area (Å²) >= 11 is 0. The van der Waals surface area contributed by atoms with Gasteiger partial charge in [-0.2, -0.15) is 0 Å². The van der Waals surface area contributed by atoms with Gasteiger partial charge in [0.15, 0.2) is 0 Å². The number of carboxylic acids is 1. The molecule has 0 radical (unpaired) electrons. The molecule has 3 heteroatoms. The maximum absolute atomic E-state index is 11.3. The van der Waals surface area contributed by atoms with E-state index in [9.17, 15) is 9.90 Å². The molecule has 20 heavy (non-hydrogen) atoms. The second-order valence-electron chi connectivity index (χ2n) is 5.40. The van der Waals surface area contributed by atoms with Crippen LogP contribution in [0.1, 0.15) is 53.9 Å². The third-order valence-electron chi connectivity index (χ3n) is 4.13. The fourth-order valence-corrected chi connectivity index (χ4v) is 3.01. The van der Waals surface area contributed by atoms with Crippen LogP contribution >= 0.6 is 0 Å². The number of unbranched alkanes of at least 4 members (excludes halogenated alkanes) is 1. The van der Waals surface area contributed by atoms with E-state index < -0.39 is 5.97 Å². The minimum Gasteiger partial charge on any atom is -0.478 e. The zero-order chi connectivity index (χ0) is 14.9. The summed E-state index contributed by atoms with van der Waals surface area (Å²) in [5, 5.41) is 10.5. The normalized spacial score (nSPS) is 11.2. The van der Waals surface area contributed by atoms with E-state index in [4.69, 9.17) is 0 Å². The number of rotatable bonds is 5. The molecule has 0 aliphatic carbocycles. The minimum absolute atomic E-state index is 0.409. The molecule has 1 N–H and O–H groups in total. The van der Waals surface area contributed by atoms with Crippen molar-refractivity contribution in [3.05, 3.63) is 34.5 Å². The summed E-state index contributed by atoms with van der Waals surface area (Å²) in [7, 11) is 0. The molecule has 2 rings (SSSR count). The Morgan fingerprint density at radius 3 is 2.50 bits per heavy atom. The van der Waals surface area contributed by atoms with Crippen LogP contribution in [0.15, 0.2) is 12.1 Å². The number of carbonyl (C=O) groups is 1. The van der Waals surface area contributed by atoms with Crippen LogP contribution in [0.4, 0.5) is 0 Å². The lowest BCUT2D eigenvalue weighted by atomic mass is 10.0. The third kappa shape index (κ3) is 2.33. The molecule has 0 unspecified atom stereocenters. The summed E-state index contributed by atoms with van der Waals surface area (Å²) in [5.74, 6) is -0.846.